The Labute approximate surface area is 70.7 Å². The molecule has 0 heteroatoms. The Bertz CT molecular complexity index is 144. The van der Waals surface area contributed by atoms with Gasteiger partial charge in [0, 0.05) is 0 Å². The van der Waals surface area contributed by atoms with E-state index in [1.165, 1.54) is 25.7 Å². The Morgan fingerprint density at radius 1 is 1.64 bits per heavy atom. The number of hydrogen-bond donors (Lipinski definition) is 0. The lowest BCUT2D eigenvalue weighted by atomic mass is 9.99. The molecule has 0 heterocycles. The zero-order valence-electron chi connectivity index (χ0n) is 8.06. The summed E-state index contributed by atoms with van der Waals surface area (Å²) in [6, 6.07) is 0. The standard InChI is InChI=1S/C11H20/c1-4-6-9(3)7-11-8-10(11)5-2/h5,9,11H,4,6-8H2,1-3H3/b10-5+/t9-,11+/m0/s1. The summed E-state index contributed by atoms with van der Waals surface area (Å²) in [5.74, 6) is 1.92. The molecule has 2 atom stereocenters. The molecule has 64 valence electrons. The fourth-order valence-corrected chi connectivity index (χ4v) is 1.91. The van der Waals surface area contributed by atoms with Gasteiger partial charge in [0.15, 0.2) is 0 Å². The van der Waals surface area contributed by atoms with Crippen molar-refractivity contribution in [2.24, 2.45) is 11.8 Å². The Balaban J connectivity index is 2.13. The van der Waals surface area contributed by atoms with Gasteiger partial charge < -0.3 is 0 Å². The van der Waals surface area contributed by atoms with Crippen molar-refractivity contribution in [3.05, 3.63) is 11.6 Å². The van der Waals surface area contributed by atoms with Crippen LogP contribution in [0.1, 0.15) is 46.5 Å². The summed E-state index contributed by atoms with van der Waals surface area (Å²) in [5, 5.41) is 0. The highest BCUT2D eigenvalue weighted by atomic mass is 14.3. The summed E-state index contributed by atoms with van der Waals surface area (Å²) in [4.78, 5) is 0. The van der Waals surface area contributed by atoms with Crippen molar-refractivity contribution >= 4 is 0 Å². The summed E-state index contributed by atoms with van der Waals surface area (Å²) < 4.78 is 0. The molecule has 0 aliphatic heterocycles. The van der Waals surface area contributed by atoms with Crippen LogP contribution in [0.2, 0.25) is 0 Å². The van der Waals surface area contributed by atoms with E-state index >= 15 is 0 Å². The van der Waals surface area contributed by atoms with Crippen molar-refractivity contribution in [3.8, 4) is 0 Å². The molecule has 0 saturated heterocycles. The second-order valence-electron chi connectivity index (χ2n) is 3.89. The van der Waals surface area contributed by atoms with Crippen molar-refractivity contribution in [3.63, 3.8) is 0 Å². The van der Waals surface area contributed by atoms with E-state index in [9.17, 15) is 0 Å². The van der Waals surface area contributed by atoms with Crippen LogP contribution in [-0.2, 0) is 0 Å². The molecular formula is C11H20. The van der Waals surface area contributed by atoms with Crippen LogP contribution in [0, 0.1) is 11.8 Å². The van der Waals surface area contributed by atoms with Gasteiger partial charge in [-0.25, -0.2) is 0 Å². The molecule has 1 saturated carbocycles. The molecule has 0 spiro atoms. The first-order valence-electron chi connectivity index (χ1n) is 4.93. The van der Waals surface area contributed by atoms with Gasteiger partial charge in [0.1, 0.15) is 0 Å². The number of rotatable bonds is 4. The topological polar surface area (TPSA) is 0 Å². The van der Waals surface area contributed by atoms with Gasteiger partial charge in [-0.2, -0.15) is 0 Å². The van der Waals surface area contributed by atoms with E-state index in [2.05, 4.69) is 26.8 Å². The molecule has 0 amide bonds. The molecular weight excluding hydrogens is 132 g/mol. The number of allylic oxidation sites excluding steroid dienone is 2. The van der Waals surface area contributed by atoms with Crippen LogP contribution >= 0.6 is 0 Å². The second-order valence-corrected chi connectivity index (χ2v) is 3.89. The number of hydrogen-bond acceptors (Lipinski definition) is 0. The van der Waals surface area contributed by atoms with Crippen molar-refractivity contribution in [1.29, 1.82) is 0 Å². The highest BCUT2D eigenvalue weighted by molar-refractivity contribution is 5.22. The van der Waals surface area contributed by atoms with Gasteiger partial charge in [-0.3, -0.25) is 0 Å². The van der Waals surface area contributed by atoms with Gasteiger partial charge in [0.2, 0.25) is 0 Å². The Kier molecular flexibility index (Phi) is 3.16. The second kappa shape index (κ2) is 3.94. The first kappa shape index (κ1) is 8.83. The first-order chi connectivity index (χ1) is 5.27. The van der Waals surface area contributed by atoms with E-state index in [1.807, 2.05) is 0 Å². The lowest BCUT2D eigenvalue weighted by molar-refractivity contribution is 0.464. The summed E-state index contributed by atoms with van der Waals surface area (Å²) >= 11 is 0. The zero-order chi connectivity index (χ0) is 8.27. The van der Waals surface area contributed by atoms with Gasteiger partial charge in [0.05, 0.1) is 0 Å². The fraction of sp³-hybridized carbons (Fsp3) is 0.818. The molecule has 0 bridgehead atoms. The van der Waals surface area contributed by atoms with Crippen molar-refractivity contribution in [2.45, 2.75) is 46.5 Å². The first-order valence-corrected chi connectivity index (χ1v) is 4.93. The van der Waals surface area contributed by atoms with E-state index in [0.29, 0.717) is 0 Å². The average Bonchev–Trinajstić information content (AvgIpc) is 2.68. The monoisotopic (exact) mass is 152 g/mol. The zero-order valence-corrected chi connectivity index (χ0v) is 8.06. The minimum absolute atomic E-state index is 0.947. The molecule has 0 aromatic carbocycles. The third-order valence-electron chi connectivity index (χ3n) is 2.69. The van der Waals surface area contributed by atoms with Gasteiger partial charge in [0.25, 0.3) is 0 Å². The summed E-state index contributed by atoms with van der Waals surface area (Å²) in [5.41, 5.74) is 1.70. The van der Waals surface area contributed by atoms with Crippen LogP contribution in [-0.4, -0.2) is 0 Å². The Hall–Kier alpha value is -0.260. The van der Waals surface area contributed by atoms with Crippen LogP contribution in [0.15, 0.2) is 11.6 Å². The third kappa shape index (κ3) is 2.69. The molecule has 1 aliphatic rings. The Morgan fingerprint density at radius 3 is 2.82 bits per heavy atom. The van der Waals surface area contributed by atoms with E-state index in [0.717, 1.165) is 11.8 Å². The van der Waals surface area contributed by atoms with Gasteiger partial charge in [-0.1, -0.05) is 38.3 Å². The maximum absolute atomic E-state index is 2.38. The highest BCUT2D eigenvalue weighted by Crippen LogP contribution is 2.42. The smallest absolute Gasteiger partial charge is 0.0163 e. The molecule has 11 heavy (non-hydrogen) atoms. The molecule has 0 nitrogen and oxygen atoms in total. The largest absolute Gasteiger partial charge is 0.0881 e. The molecule has 1 fully saturated rings. The van der Waals surface area contributed by atoms with Gasteiger partial charge in [-0.15, -0.1) is 0 Å². The predicted octanol–water partition coefficient (Wildman–Crippen LogP) is 3.78. The SMILES string of the molecule is C/C=C1\C[C@H]1C[C@@H](C)CCC. The normalized spacial score (nSPS) is 29.0. The van der Waals surface area contributed by atoms with Crippen LogP contribution in [0.5, 0.6) is 0 Å². The predicted molar refractivity (Wildman–Crippen MR) is 50.6 cm³/mol. The van der Waals surface area contributed by atoms with Crippen LogP contribution in [0.4, 0.5) is 0 Å². The van der Waals surface area contributed by atoms with Crippen molar-refractivity contribution < 1.29 is 0 Å². The maximum atomic E-state index is 2.38. The molecule has 1 rings (SSSR count). The lowest BCUT2D eigenvalue weighted by Crippen LogP contribution is -1.94. The molecule has 1 aliphatic carbocycles. The van der Waals surface area contributed by atoms with Gasteiger partial charge in [-0.05, 0) is 31.6 Å². The average molecular weight is 152 g/mol. The van der Waals surface area contributed by atoms with E-state index in [1.54, 1.807) is 5.57 Å². The minimum Gasteiger partial charge on any atom is -0.0881 e. The van der Waals surface area contributed by atoms with Gasteiger partial charge >= 0.3 is 0 Å². The molecule has 0 unspecified atom stereocenters. The lowest BCUT2D eigenvalue weighted by Gasteiger charge is -2.07. The highest BCUT2D eigenvalue weighted by Gasteiger charge is 2.29. The van der Waals surface area contributed by atoms with Crippen LogP contribution in [0.3, 0.4) is 0 Å². The fourth-order valence-electron chi connectivity index (χ4n) is 1.91. The maximum Gasteiger partial charge on any atom is -0.0163 e. The quantitative estimate of drug-likeness (QED) is 0.538. The summed E-state index contributed by atoms with van der Waals surface area (Å²) in [6.45, 7) is 6.83. The third-order valence-corrected chi connectivity index (χ3v) is 2.69. The molecule has 0 aromatic heterocycles. The van der Waals surface area contributed by atoms with Crippen molar-refractivity contribution in [2.75, 3.05) is 0 Å². The molecule has 0 N–H and O–H groups in total. The van der Waals surface area contributed by atoms with E-state index in [4.69, 9.17) is 0 Å². The van der Waals surface area contributed by atoms with Crippen molar-refractivity contribution in [1.82, 2.24) is 0 Å². The van der Waals surface area contributed by atoms with Crippen LogP contribution < -0.4 is 0 Å². The summed E-state index contributed by atoms with van der Waals surface area (Å²) in [7, 11) is 0. The summed E-state index contributed by atoms with van der Waals surface area (Å²) in [6.07, 6.45) is 7.88. The Morgan fingerprint density at radius 2 is 2.36 bits per heavy atom. The van der Waals surface area contributed by atoms with E-state index < -0.39 is 0 Å². The van der Waals surface area contributed by atoms with Crippen LogP contribution in [0.25, 0.3) is 0 Å². The van der Waals surface area contributed by atoms with E-state index in [-0.39, 0.29) is 0 Å². The minimum atomic E-state index is 0.947. The molecule has 0 radical (unpaired) electrons. The molecule has 0 aromatic rings.